The highest BCUT2D eigenvalue weighted by Gasteiger charge is 2.10. The van der Waals surface area contributed by atoms with Crippen molar-refractivity contribution in [3.8, 4) is 5.69 Å². The Kier molecular flexibility index (Phi) is 3.64. The maximum absolute atomic E-state index is 12.6. The second-order valence-corrected chi connectivity index (χ2v) is 5.67. The van der Waals surface area contributed by atoms with Crippen molar-refractivity contribution in [2.24, 2.45) is 0 Å². The molecule has 0 bridgehead atoms. The summed E-state index contributed by atoms with van der Waals surface area (Å²) in [6, 6.07) is 17.3. The zero-order chi connectivity index (χ0) is 14.1. The molecule has 1 heterocycles. The highest BCUT2D eigenvalue weighted by molar-refractivity contribution is 9.10. The van der Waals surface area contributed by atoms with Gasteiger partial charge in [0.2, 0.25) is 0 Å². The van der Waals surface area contributed by atoms with E-state index in [1.165, 1.54) is 0 Å². The van der Waals surface area contributed by atoms with Crippen molar-refractivity contribution in [2.45, 2.75) is 5.88 Å². The predicted octanol–water partition coefficient (Wildman–Crippen LogP) is 4.49. The zero-order valence-corrected chi connectivity index (χ0v) is 12.9. The first-order chi connectivity index (χ1) is 9.70. The smallest absolute Gasteiger partial charge is 0.260 e. The maximum atomic E-state index is 12.6. The van der Waals surface area contributed by atoms with Gasteiger partial charge in [-0.1, -0.05) is 34.1 Å². The summed E-state index contributed by atoms with van der Waals surface area (Å²) in [6.45, 7) is 0. The van der Waals surface area contributed by atoms with Gasteiger partial charge in [-0.3, -0.25) is 9.36 Å². The third-order valence-corrected chi connectivity index (χ3v) is 3.98. The molecule has 0 fully saturated rings. The van der Waals surface area contributed by atoms with Crippen LogP contribution < -0.4 is 5.56 Å². The molecule has 0 saturated carbocycles. The minimum atomic E-state index is -0.0685. The number of fused-ring (bicyclic) bond motifs is 1. The Morgan fingerprint density at radius 2 is 1.80 bits per heavy atom. The Bertz CT molecular complexity index is 827. The first kappa shape index (κ1) is 13.4. The second-order valence-electron chi connectivity index (χ2n) is 4.48. The third kappa shape index (κ3) is 2.28. The van der Waals surface area contributed by atoms with Crippen LogP contribution in [0.5, 0.6) is 0 Å². The average molecular weight is 349 g/mol. The normalized spacial score (nSPS) is 10.9. The summed E-state index contributed by atoms with van der Waals surface area (Å²) >= 11 is 9.36. The molecule has 0 unspecified atom stereocenters. The number of hydrogen-bond acceptors (Lipinski definition) is 1. The number of aromatic nitrogens is 1. The molecular formula is C16H11BrClNO. The van der Waals surface area contributed by atoms with Crippen molar-refractivity contribution in [3.63, 3.8) is 0 Å². The monoisotopic (exact) mass is 347 g/mol. The lowest BCUT2D eigenvalue weighted by molar-refractivity contribution is 1.01. The number of benzene rings is 2. The van der Waals surface area contributed by atoms with Crippen molar-refractivity contribution in [3.05, 3.63) is 75.0 Å². The number of pyridine rings is 1. The van der Waals surface area contributed by atoms with Gasteiger partial charge < -0.3 is 0 Å². The van der Waals surface area contributed by atoms with E-state index in [-0.39, 0.29) is 11.4 Å². The summed E-state index contributed by atoms with van der Waals surface area (Å²) in [5, 5.41) is 0.985. The van der Waals surface area contributed by atoms with Gasteiger partial charge in [-0.15, -0.1) is 11.6 Å². The Morgan fingerprint density at radius 1 is 1.05 bits per heavy atom. The summed E-state index contributed by atoms with van der Waals surface area (Å²) in [6.07, 6.45) is 0. The van der Waals surface area contributed by atoms with Crippen molar-refractivity contribution < 1.29 is 0 Å². The van der Waals surface area contributed by atoms with E-state index in [9.17, 15) is 4.79 Å². The number of halogens is 2. The molecule has 2 nitrogen and oxygen atoms in total. The van der Waals surface area contributed by atoms with E-state index in [0.29, 0.717) is 5.56 Å². The fourth-order valence-electron chi connectivity index (χ4n) is 2.28. The van der Waals surface area contributed by atoms with Crippen LogP contribution in [0.1, 0.15) is 5.56 Å². The number of para-hydroxylation sites is 1. The van der Waals surface area contributed by atoms with Gasteiger partial charge in [0, 0.05) is 21.1 Å². The molecule has 20 heavy (non-hydrogen) atoms. The summed E-state index contributed by atoms with van der Waals surface area (Å²) in [5.74, 6) is 0.203. The molecule has 3 aromatic rings. The molecule has 0 aliphatic carbocycles. The quantitative estimate of drug-likeness (QED) is 0.625. The Balaban J connectivity index is 2.45. The summed E-state index contributed by atoms with van der Waals surface area (Å²) in [5.41, 5.74) is 2.25. The maximum Gasteiger partial charge on any atom is 0.260 e. The lowest BCUT2D eigenvalue weighted by Crippen LogP contribution is -2.22. The lowest BCUT2D eigenvalue weighted by atomic mass is 10.1. The van der Waals surface area contributed by atoms with Crippen LogP contribution in [0.15, 0.2) is 63.9 Å². The van der Waals surface area contributed by atoms with E-state index in [2.05, 4.69) is 15.9 Å². The molecule has 0 amide bonds. The van der Waals surface area contributed by atoms with Crippen LogP contribution in [-0.4, -0.2) is 4.57 Å². The zero-order valence-electron chi connectivity index (χ0n) is 10.5. The number of hydrogen-bond donors (Lipinski definition) is 0. The van der Waals surface area contributed by atoms with Crippen molar-refractivity contribution in [2.75, 3.05) is 0 Å². The van der Waals surface area contributed by atoms with Crippen molar-refractivity contribution >= 4 is 38.4 Å². The molecule has 0 atom stereocenters. The first-order valence-corrected chi connectivity index (χ1v) is 7.49. The standard InChI is InChI=1S/C16H11BrClNO/c17-13-6-7-15-11(9-13)8-12(10-18)16(20)19(15)14-4-2-1-3-5-14/h1-9H,10H2. The highest BCUT2D eigenvalue weighted by Crippen LogP contribution is 2.22. The van der Waals surface area contributed by atoms with Crippen LogP contribution in [0.2, 0.25) is 0 Å². The molecule has 1 aromatic heterocycles. The minimum Gasteiger partial charge on any atom is -0.277 e. The van der Waals surface area contributed by atoms with Gasteiger partial charge in [0.1, 0.15) is 0 Å². The van der Waals surface area contributed by atoms with E-state index in [1.807, 2.05) is 54.6 Å². The van der Waals surface area contributed by atoms with Gasteiger partial charge in [-0.25, -0.2) is 0 Å². The third-order valence-electron chi connectivity index (χ3n) is 3.20. The predicted molar refractivity (Wildman–Crippen MR) is 86.8 cm³/mol. The molecule has 0 aliphatic rings. The molecule has 3 rings (SSSR count). The van der Waals surface area contributed by atoms with Crippen LogP contribution in [0.25, 0.3) is 16.6 Å². The second kappa shape index (κ2) is 5.43. The van der Waals surface area contributed by atoms with Crippen LogP contribution in [0.3, 0.4) is 0 Å². The van der Waals surface area contributed by atoms with Gasteiger partial charge in [0.15, 0.2) is 0 Å². The minimum absolute atomic E-state index is 0.0685. The summed E-state index contributed by atoms with van der Waals surface area (Å²) < 4.78 is 2.68. The molecule has 0 radical (unpaired) electrons. The van der Waals surface area contributed by atoms with Crippen molar-refractivity contribution in [1.29, 1.82) is 0 Å². The van der Waals surface area contributed by atoms with E-state index < -0.39 is 0 Å². The molecule has 0 spiro atoms. The van der Waals surface area contributed by atoms with Crippen LogP contribution in [0.4, 0.5) is 0 Å². The van der Waals surface area contributed by atoms with E-state index in [0.717, 1.165) is 21.1 Å². The van der Waals surface area contributed by atoms with E-state index in [4.69, 9.17) is 11.6 Å². The number of rotatable bonds is 2. The summed E-state index contributed by atoms with van der Waals surface area (Å²) in [7, 11) is 0. The van der Waals surface area contributed by atoms with Crippen LogP contribution in [0, 0.1) is 0 Å². The highest BCUT2D eigenvalue weighted by atomic mass is 79.9. The molecule has 0 N–H and O–H groups in total. The van der Waals surface area contributed by atoms with Crippen LogP contribution in [-0.2, 0) is 5.88 Å². The molecule has 100 valence electrons. The van der Waals surface area contributed by atoms with Gasteiger partial charge in [-0.05, 0) is 36.4 Å². The number of alkyl halides is 1. The number of nitrogens with zero attached hydrogens (tertiary/aromatic N) is 1. The molecular weight excluding hydrogens is 338 g/mol. The topological polar surface area (TPSA) is 22.0 Å². The lowest BCUT2D eigenvalue weighted by Gasteiger charge is -2.12. The molecule has 2 aromatic carbocycles. The average Bonchev–Trinajstić information content (AvgIpc) is 2.47. The summed E-state index contributed by atoms with van der Waals surface area (Å²) in [4.78, 5) is 12.6. The van der Waals surface area contributed by atoms with Crippen molar-refractivity contribution in [1.82, 2.24) is 4.57 Å². The van der Waals surface area contributed by atoms with Gasteiger partial charge in [0.25, 0.3) is 5.56 Å². The largest absolute Gasteiger partial charge is 0.277 e. The van der Waals surface area contributed by atoms with Gasteiger partial charge in [0.05, 0.1) is 11.4 Å². The SMILES string of the molecule is O=c1c(CCl)cc2cc(Br)ccc2n1-c1ccccc1. The molecule has 4 heteroatoms. The Morgan fingerprint density at radius 3 is 2.50 bits per heavy atom. The fraction of sp³-hybridized carbons (Fsp3) is 0.0625. The van der Waals surface area contributed by atoms with Crippen LogP contribution >= 0.6 is 27.5 Å². The Hall–Kier alpha value is -1.58. The molecule has 0 saturated heterocycles. The fourth-order valence-corrected chi connectivity index (χ4v) is 2.85. The first-order valence-electron chi connectivity index (χ1n) is 6.16. The van der Waals surface area contributed by atoms with E-state index >= 15 is 0 Å². The van der Waals surface area contributed by atoms with Gasteiger partial charge >= 0.3 is 0 Å². The van der Waals surface area contributed by atoms with Gasteiger partial charge in [-0.2, -0.15) is 0 Å². The molecule has 0 aliphatic heterocycles. The van der Waals surface area contributed by atoms with E-state index in [1.54, 1.807) is 4.57 Å². The Labute approximate surface area is 129 Å².